The van der Waals surface area contributed by atoms with Crippen LogP contribution in [0.3, 0.4) is 0 Å². The third-order valence-corrected chi connectivity index (χ3v) is 4.50. The molecule has 2 amide bonds. The third kappa shape index (κ3) is 3.89. The molecular weight excluding hydrogens is 384 g/mol. The topological polar surface area (TPSA) is 100 Å². The molecule has 0 saturated carbocycles. The molecule has 5 N–H and O–H groups in total. The summed E-state index contributed by atoms with van der Waals surface area (Å²) in [6, 6.07) is 13.9. The standard InChI is InChI=1S/C18H17BrN4O2/c19-13-7-5-11(6-8-13)17(24)22-16(18(25)23-20)9-12-10-21-15-4-2-1-3-14(12)15/h1-8,10,16,21H,9,20H2,(H,22,24)(H,23,25). The van der Waals surface area contributed by atoms with Gasteiger partial charge in [-0.15, -0.1) is 0 Å². The zero-order valence-corrected chi connectivity index (χ0v) is 14.8. The van der Waals surface area contributed by atoms with Crippen LogP contribution in [-0.4, -0.2) is 22.8 Å². The third-order valence-electron chi connectivity index (χ3n) is 3.97. The number of para-hydroxylation sites is 1. The molecule has 3 rings (SSSR count). The van der Waals surface area contributed by atoms with E-state index in [1.54, 1.807) is 24.3 Å². The zero-order valence-electron chi connectivity index (χ0n) is 13.3. The smallest absolute Gasteiger partial charge is 0.256 e. The van der Waals surface area contributed by atoms with Crippen molar-refractivity contribution in [2.45, 2.75) is 12.5 Å². The van der Waals surface area contributed by atoms with Gasteiger partial charge in [0.1, 0.15) is 6.04 Å². The summed E-state index contributed by atoms with van der Waals surface area (Å²) in [4.78, 5) is 27.7. The molecule has 0 radical (unpaired) electrons. The first kappa shape index (κ1) is 17.2. The van der Waals surface area contributed by atoms with Crippen LogP contribution in [0.25, 0.3) is 10.9 Å². The van der Waals surface area contributed by atoms with E-state index in [-0.39, 0.29) is 5.91 Å². The number of hydrogen-bond donors (Lipinski definition) is 4. The molecule has 128 valence electrons. The molecule has 1 unspecified atom stereocenters. The quantitative estimate of drug-likeness (QED) is 0.300. The highest BCUT2D eigenvalue weighted by molar-refractivity contribution is 9.10. The van der Waals surface area contributed by atoms with Crippen LogP contribution in [0.2, 0.25) is 0 Å². The van der Waals surface area contributed by atoms with Gasteiger partial charge in [-0.3, -0.25) is 15.0 Å². The van der Waals surface area contributed by atoms with Crippen LogP contribution in [0.5, 0.6) is 0 Å². The fourth-order valence-corrected chi connectivity index (χ4v) is 2.94. The van der Waals surface area contributed by atoms with Crippen molar-refractivity contribution >= 4 is 38.6 Å². The molecule has 7 heteroatoms. The summed E-state index contributed by atoms with van der Waals surface area (Å²) in [6.07, 6.45) is 2.17. The van der Waals surface area contributed by atoms with Gasteiger partial charge in [0.25, 0.3) is 11.8 Å². The lowest BCUT2D eigenvalue weighted by atomic mass is 10.0. The Labute approximate surface area is 152 Å². The predicted molar refractivity (Wildman–Crippen MR) is 99.7 cm³/mol. The molecule has 3 aromatic rings. The Bertz CT molecular complexity index is 905. The Morgan fingerprint density at radius 2 is 1.84 bits per heavy atom. The molecule has 0 aliphatic rings. The monoisotopic (exact) mass is 400 g/mol. The van der Waals surface area contributed by atoms with Gasteiger partial charge in [0, 0.05) is 33.6 Å². The summed E-state index contributed by atoms with van der Waals surface area (Å²) in [5, 5.41) is 3.76. The Morgan fingerprint density at radius 3 is 2.56 bits per heavy atom. The highest BCUT2D eigenvalue weighted by Crippen LogP contribution is 2.19. The minimum atomic E-state index is -0.777. The number of benzene rings is 2. The van der Waals surface area contributed by atoms with E-state index in [1.165, 1.54) is 0 Å². The van der Waals surface area contributed by atoms with Crippen molar-refractivity contribution in [1.82, 2.24) is 15.7 Å². The lowest BCUT2D eigenvalue weighted by molar-refractivity contribution is -0.123. The molecule has 0 aliphatic heterocycles. The number of aromatic amines is 1. The van der Waals surface area contributed by atoms with Crippen LogP contribution in [0.4, 0.5) is 0 Å². The maximum absolute atomic E-state index is 12.4. The van der Waals surface area contributed by atoms with E-state index in [2.05, 4.69) is 31.7 Å². The van der Waals surface area contributed by atoms with Gasteiger partial charge >= 0.3 is 0 Å². The molecule has 1 heterocycles. The fourth-order valence-electron chi connectivity index (χ4n) is 2.67. The summed E-state index contributed by atoms with van der Waals surface area (Å²) >= 11 is 3.33. The number of carbonyl (C=O) groups is 2. The Kier molecular flexibility index (Phi) is 5.16. The molecule has 0 fully saturated rings. The maximum atomic E-state index is 12.4. The molecule has 1 aromatic heterocycles. The second-order valence-electron chi connectivity index (χ2n) is 5.61. The van der Waals surface area contributed by atoms with Crippen LogP contribution in [0, 0.1) is 0 Å². The Morgan fingerprint density at radius 1 is 1.12 bits per heavy atom. The van der Waals surface area contributed by atoms with E-state index in [9.17, 15) is 9.59 Å². The maximum Gasteiger partial charge on any atom is 0.256 e. The second-order valence-corrected chi connectivity index (χ2v) is 6.52. The summed E-state index contributed by atoms with van der Waals surface area (Å²) in [7, 11) is 0. The molecule has 0 bridgehead atoms. The highest BCUT2D eigenvalue weighted by atomic mass is 79.9. The number of amides is 2. The van der Waals surface area contributed by atoms with Crippen LogP contribution < -0.4 is 16.6 Å². The van der Waals surface area contributed by atoms with Crippen molar-refractivity contribution < 1.29 is 9.59 Å². The SMILES string of the molecule is NNC(=O)C(Cc1c[nH]c2ccccc12)NC(=O)c1ccc(Br)cc1. The van der Waals surface area contributed by atoms with Crippen molar-refractivity contribution in [3.05, 3.63) is 70.3 Å². The summed E-state index contributed by atoms with van der Waals surface area (Å²) in [5.41, 5.74) is 4.50. The second kappa shape index (κ2) is 7.50. The van der Waals surface area contributed by atoms with E-state index in [4.69, 9.17) is 5.84 Å². The zero-order chi connectivity index (χ0) is 17.8. The number of H-pyrrole nitrogens is 1. The van der Waals surface area contributed by atoms with Crippen molar-refractivity contribution in [2.75, 3.05) is 0 Å². The van der Waals surface area contributed by atoms with Gasteiger partial charge in [-0.25, -0.2) is 5.84 Å². The van der Waals surface area contributed by atoms with Gasteiger partial charge in [0.05, 0.1) is 0 Å². The van der Waals surface area contributed by atoms with E-state index in [0.29, 0.717) is 12.0 Å². The molecule has 0 spiro atoms. The number of hydrogen-bond acceptors (Lipinski definition) is 3. The Hall–Kier alpha value is -2.64. The largest absolute Gasteiger partial charge is 0.361 e. The van der Waals surface area contributed by atoms with Gasteiger partial charge < -0.3 is 10.3 Å². The number of hydrazine groups is 1. The number of nitrogens with two attached hydrogens (primary N) is 1. The lowest BCUT2D eigenvalue weighted by Crippen LogP contribution is -2.50. The van der Waals surface area contributed by atoms with Crippen LogP contribution >= 0.6 is 15.9 Å². The first-order chi connectivity index (χ1) is 12.1. The van der Waals surface area contributed by atoms with Crippen LogP contribution in [0.15, 0.2) is 59.2 Å². The van der Waals surface area contributed by atoms with E-state index in [0.717, 1.165) is 20.9 Å². The summed E-state index contributed by atoms with van der Waals surface area (Å²) in [5.74, 6) is 4.50. The molecule has 25 heavy (non-hydrogen) atoms. The first-order valence-electron chi connectivity index (χ1n) is 7.70. The normalized spacial score (nSPS) is 11.9. The van der Waals surface area contributed by atoms with E-state index >= 15 is 0 Å². The molecule has 1 atom stereocenters. The van der Waals surface area contributed by atoms with Gasteiger partial charge in [0.15, 0.2) is 0 Å². The highest BCUT2D eigenvalue weighted by Gasteiger charge is 2.22. The van der Waals surface area contributed by atoms with Gasteiger partial charge in [-0.2, -0.15) is 0 Å². The molecule has 2 aromatic carbocycles. The summed E-state index contributed by atoms with van der Waals surface area (Å²) in [6.45, 7) is 0. The molecular formula is C18H17BrN4O2. The van der Waals surface area contributed by atoms with E-state index < -0.39 is 11.9 Å². The number of rotatable bonds is 5. The lowest BCUT2D eigenvalue weighted by Gasteiger charge is -2.17. The van der Waals surface area contributed by atoms with Crippen molar-refractivity contribution in [1.29, 1.82) is 0 Å². The van der Waals surface area contributed by atoms with Gasteiger partial charge in [0.2, 0.25) is 0 Å². The molecule has 0 saturated heterocycles. The van der Waals surface area contributed by atoms with E-state index in [1.807, 2.05) is 30.5 Å². The Balaban J connectivity index is 1.81. The molecule has 6 nitrogen and oxygen atoms in total. The number of nitrogens with one attached hydrogen (secondary N) is 3. The number of carbonyl (C=O) groups excluding carboxylic acids is 2. The molecule has 0 aliphatic carbocycles. The predicted octanol–water partition coefficient (Wildman–Crippen LogP) is 2.26. The fraction of sp³-hybridized carbons (Fsp3) is 0.111. The number of aromatic nitrogens is 1. The first-order valence-corrected chi connectivity index (χ1v) is 8.49. The number of halogens is 1. The van der Waals surface area contributed by atoms with Crippen molar-refractivity contribution in [3.8, 4) is 0 Å². The van der Waals surface area contributed by atoms with Crippen molar-refractivity contribution in [3.63, 3.8) is 0 Å². The van der Waals surface area contributed by atoms with Crippen molar-refractivity contribution in [2.24, 2.45) is 5.84 Å². The van der Waals surface area contributed by atoms with Gasteiger partial charge in [-0.05, 0) is 35.9 Å². The number of fused-ring (bicyclic) bond motifs is 1. The van der Waals surface area contributed by atoms with Crippen LogP contribution in [0.1, 0.15) is 15.9 Å². The van der Waals surface area contributed by atoms with Gasteiger partial charge in [-0.1, -0.05) is 34.1 Å². The minimum absolute atomic E-state index is 0.329. The average Bonchev–Trinajstić information content (AvgIpc) is 3.04. The minimum Gasteiger partial charge on any atom is -0.361 e. The average molecular weight is 401 g/mol. The van der Waals surface area contributed by atoms with Crippen LogP contribution in [-0.2, 0) is 11.2 Å². The summed E-state index contributed by atoms with van der Waals surface area (Å²) < 4.78 is 0.874.